The summed E-state index contributed by atoms with van der Waals surface area (Å²) in [6.45, 7) is 4.63. The molecule has 0 aliphatic heterocycles. The quantitative estimate of drug-likeness (QED) is 0.834. The molecule has 0 aromatic heterocycles. The topological polar surface area (TPSA) is 49.3 Å². The van der Waals surface area contributed by atoms with E-state index in [1.165, 1.54) is 0 Å². The molecule has 0 saturated carbocycles. The monoisotopic (exact) mass is 269 g/mol. The summed E-state index contributed by atoms with van der Waals surface area (Å²) in [4.78, 5) is 12.0. The van der Waals surface area contributed by atoms with Gasteiger partial charge in [-0.15, -0.1) is 0 Å². The fourth-order valence-electron chi connectivity index (χ4n) is 1.82. The number of aliphatic hydroxyl groups excluding tert-OH is 1. The first-order valence-corrected chi connectivity index (χ1v) is 6.62. The number of benzene rings is 1. The highest BCUT2D eigenvalue weighted by atomic mass is 35.5. The Morgan fingerprint density at radius 3 is 2.83 bits per heavy atom. The molecule has 0 bridgehead atoms. The van der Waals surface area contributed by atoms with Crippen LogP contribution in [-0.2, 0) is 0 Å². The van der Waals surface area contributed by atoms with Crippen LogP contribution in [0.3, 0.4) is 0 Å². The molecule has 0 aliphatic rings. The molecule has 1 unspecified atom stereocenters. The third kappa shape index (κ3) is 4.00. The molecule has 18 heavy (non-hydrogen) atoms. The average Bonchev–Trinajstić information content (AvgIpc) is 2.37. The minimum absolute atomic E-state index is 0.105. The normalized spacial score (nSPS) is 12.2. The summed E-state index contributed by atoms with van der Waals surface area (Å²) < 4.78 is 0. The van der Waals surface area contributed by atoms with Crippen molar-refractivity contribution in [2.45, 2.75) is 26.7 Å². The molecule has 0 radical (unpaired) electrons. The largest absolute Gasteiger partial charge is 0.396 e. The molecule has 0 saturated heterocycles. The second kappa shape index (κ2) is 7.39. The van der Waals surface area contributed by atoms with Gasteiger partial charge in [-0.3, -0.25) is 4.79 Å². The smallest absolute Gasteiger partial charge is 0.251 e. The Morgan fingerprint density at radius 2 is 2.22 bits per heavy atom. The minimum Gasteiger partial charge on any atom is -0.396 e. The van der Waals surface area contributed by atoms with Gasteiger partial charge in [0.05, 0.1) is 0 Å². The summed E-state index contributed by atoms with van der Waals surface area (Å²) in [5, 5.41) is 12.4. The van der Waals surface area contributed by atoms with Gasteiger partial charge in [0, 0.05) is 23.7 Å². The van der Waals surface area contributed by atoms with E-state index in [-0.39, 0.29) is 12.5 Å². The lowest BCUT2D eigenvalue weighted by Crippen LogP contribution is -2.30. The molecular weight excluding hydrogens is 250 g/mol. The molecule has 0 heterocycles. The number of hydrogen-bond donors (Lipinski definition) is 2. The van der Waals surface area contributed by atoms with E-state index >= 15 is 0 Å². The first kappa shape index (κ1) is 15.0. The number of nitrogens with one attached hydrogen (secondary N) is 1. The van der Waals surface area contributed by atoms with Crippen molar-refractivity contribution >= 4 is 17.5 Å². The number of halogens is 1. The molecule has 0 spiro atoms. The van der Waals surface area contributed by atoms with E-state index in [0.717, 1.165) is 12.0 Å². The molecule has 1 atom stereocenters. The fourth-order valence-corrected chi connectivity index (χ4v) is 1.99. The first-order chi connectivity index (χ1) is 8.60. The summed E-state index contributed by atoms with van der Waals surface area (Å²) in [5.41, 5.74) is 1.41. The predicted molar refractivity (Wildman–Crippen MR) is 74.0 cm³/mol. The summed E-state index contributed by atoms with van der Waals surface area (Å²) in [7, 11) is 0. The maximum absolute atomic E-state index is 12.0. The minimum atomic E-state index is -0.105. The maximum atomic E-state index is 12.0. The SMILES string of the molecule is CCC(CCO)CNC(=O)c1cccc(Cl)c1C. The molecular formula is C14H20ClNO2. The van der Waals surface area contributed by atoms with E-state index < -0.39 is 0 Å². The van der Waals surface area contributed by atoms with Gasteiger partial charge in [-0.2, -0.15) is 0 Å². The average molecular weight is 270 g/mol. The van der Waals surface area contributed by atoms with Gasteiger partial charge in [0.25, 0.3) is 5.91 Å². The van der Waals surface area contributed by atoms with Gasteiger partial charge in [-0.05, 0) is 37.0 Å². The standard InChI is InChI=1S/C14H20ClNO2/c1-3-11(7-8-17)9-16-14(18)12-5-4-6-13(15)10(12)2/h4-6,11,17H,3,7-9H2,1-2H3,(H,16,18). The van der Waals surface area contributed by atoms with Crippen LogP contribution in [0.2, 0.25) is 5.02 Å². The number of hydrogen-bond acceptors (Lipinski definition) is 2. The maximum Gasteiger partial charge on any atom is 0.251 e. The first-order valence-electron chi connectivity index (χ1n) is 6.24. The number of carbonyl (C=O) groups is 1. The van der Waals surface area contributed by atoms with Crippen molar-refractivity contribution in [1.29, 1.82) is 0 Å². The lowest BCUT2D eigenvalue weighted by molar-refractivity contribution is 0.0943. The number of amides is 1. The van der Waals surface area contributed by atoms with Crippen LogP contribution in [0, 0.1) is 12.8 Å². The molecule has 100 valence electrons. The Labute approximate surface area is 113 Å². The highest BCUT2D eigenvalue weighted by Crippen LogP contribution is 2.18. The second-order valence-corrected chi connectivity index (χ2v) is 4.82. The number of rotatable bonds is 6. The lowest BCUT2D eigenvalue weighted by Gasteiger charge is -2.15. The zero-order valence-electron chi connectivity index (χ0n) is 10.9. The fraction of sp³-hybridized carbons (Fsp3) is 0.500. The summed E-state index contributed by atoms with van der Waals surface area (Å²) >= 11 is 5.98. The van der Waals surface area contributed by atoms with Gasteiger partial charge in [-0.1, -0.05) is 31.0 Å². The third-order valence-electron chi connectivity index (χ3n) is 3.18. The summed E-state index contributed by atoms with van der Waals surface area (Å²) in [6, 6.07) is 5.31. The van der Waals surface area contributed by atoms with Crippen molar-refractivity contribution in [3.63, 3.8) is 0 Å². The van der Waals surface area contributed by atoms with Crippen LogP contribution >= 0.6 is 11.6 Å². The van der Waals surface area contributed by atoms with Crippen molar-refractivity contribution < 1.29 is 9.90 Å². The zero-order chi connectivity index (χ0) is 13.5. The second-order valence-electron chi connectivity index (χ2n) is 4.41. The Balaban J connectivity index is 2.62. The molecule has 2 N–H and O–H groups in total. The van der Waals surface area contributed by atoms with E-state index in [9.17, 15) is 4.79 Å². The Kier molecular flexibility index (Phi) is 6.16. The van der Waals surface area contributed by atoms with Crippen LogP contribution in [0.5, 0.6) is 0 Å². The van der Waals surface area contributed by atoms with E-state index in [1.54, 1.807) is 18.2 Å². The van der Waals surface area contributed by atoms with Crippen molar-refractivity contribution in [3.05, 3.63) is 34.3 Å². The Bertz CT molecular complexity index is 407. The summed E-state index contributed by atoms with van der Waals surface area (Å²) in [5.74, 6) is 0.213. The Hall–Kier alpha value is -1.06. The summed E-state index contributed by atoms with van der Waals surface area (Å²) in [6.07, 6.45) is 1.65. The number of aliphatic hydroxyl groups is 1. The lowest BCUT2D eigenvalue weighted by atomic mass is 10.0. The van der Waals surface area contributed by atoms with E-state index in [4.69, 9.17) is 16.7 Å². The molecule has 1 aromatic rings. The van der Waals surface area contributed by atoms with Crippen molar-refractivity contribution in [3.8, 4) is 0 Å². The molecule has 1 rings (SSSR count). The van der Waals surface area contributed by atoms with E-state index in [2.05, 4.69) is 12.2 Å². The van der Waals surface area contributed by atoms with Crippen molar-refractivity contribution in [2.24, 2.45) is 5.92 Å². The van der Waals surface area contributed by atoms with Crippen molar-refractivity contribution in [1.82, 2.24) is 5.32 Å². The van der Waals surface area contributed by atoms with Crippen LogP contribution in [-0.4, -0.2) is 24.2 Å². The van der Waals surface area contributed by atoms with Gasteiger partial charge in [0.1, 0.15) is 0 Å². The van der Waals surface area contributed by atoms with Crippen LogP contribution in [0.4, 0.5) is 0 Å². The highest BCUT2D eigenvalue weighted by molar-refractivity contribution is 6.31. The van der Waals surface area contributed by atoms with Crippen molar-refractivity contribution in [2.75, 3.05) is 13.2 Å². The van der Waals surface area contributed by atoms with E-state index in [1.807, 2.05) is 6.92 Å². The molecule has 1 aromatic carbocycles. The molecule has 0 fully saturated rings. The third-order valence-corrected chi connectivity index (χ3v) is 3.59. The molecule has 4 heteroatoms. The van der Waals surface area contributed by atoms with Gasteiger partial charge >= 0.3 is 0 Å². The number of carbonyl (C=O) groups excluding carboxylic acids is 1. The van der Waals surface area contributed by atoms with Gasteiger partial charge < -0.3 is 10.4 Å². The van der Waals surface area contributed by atoms with Gasteiger partial charge in [0.2, 0.25) is 0 Å². The van der Waals surface area contributed by atoms with Crippen LogP contribution in [0.1, 0.15) is 35.7 Å². The van der Waals surface area contributed by atoms with Crippen LogP contribution in [0.15, 0.2) is 18.2 Å². The zero-order valence-corrected chi connectivity index (χ0v) is 11.6. The molecule has 1 amide bonds. The highest BCUT2D eigenvalue weighted by Gasteiger charge is 2.12. The van der Waals surface area contributed by atoms with Crippen LogP contribution < -0.4 is 5.32 Å². The van der Waals surface area contributed by atoms with Gasteiger partial charge in [0.15, 0.2) is 0 Å². The van der Waals surface area contributed by atoms with E-state index in [0.29, 0.717) is 29.5 Å². The predicted octanol–water partition coefficient (Wildman–Crippen LogP) is 2.79. The molecule has 0 aliphatic carbocycles. The van der Waals surface area contributed by atoms with Gasteiger partial charge in [-0.25, -0.2) is 0 Å². The molecule has 3 nitrogen and oxygen atoms in total. The van der Waals surface area contributed by atoms with Crippen LogP contribution in [0.25, 0.3) is 0 Å². The Morgan fingerprint density at radius 1 is 1.50 bits per heavy atom.